The Bertz CT molecular complexity index is 497. The van der Waals surface area contributed by atoms with Crippen LogP contribution >= 0.6 is 7.60 Å². The summed E-state index contributed by atoms with van der Waals surface area (Å²) in [5.41, 5.74) is 0. The van der Waals surface area contributed by atoms with Gasteiger partial charge in [-0.3, -0.25) is 4.57 Å². The van der Waals surface area contributed by atoms with E-state index < -0.39 is 7.60 Å². The molecule has 0 bridgehead atoms. The van der Waals surface area contributed by atoms with Gasteiger partial charge in [-0.2, -0.15) is 0 Å². The smallest absolute Gasteiger partial charge is 0.325 e. The van der Waals surface area contributed by atoms with Crippen LogP contribution in [0.3, 0.4) is 0 Å². The summed E-state index contributed by atoms with van der Waals surface area (Å²) in [5.74, 6) is 0. The van der Waals surface area contributed by atoms with E-state index in [9.17, 15) is 4.57 Å². The minimum absolute atomic E-state index is 0.0194. The highest BCUT2D eigenvalue weighted by molar-refractivity contribution is 7.51. The molecule has 0 aliphatic rings. The lowest BCUT2D eigenvalue weighted by Crippen LogP contribution is -2.15. The zero-order valence-electron chi connectivity index (χ0n) is 22.5. The fourth-order valence-corrected chi connectivity index (χ4v) is 3.06. The minimum Gasteiger partial charge on any atom is -0.394 e. The third-order valence-corrected chi connectivity index (χ3v) is 5.22. The second-order valence-electron chi connectivity index (χ2n) is 7.59. The SMILES string of the molecule is O=P(O)(O)CCCOCCOCCOCCOCCOCCOCCOCCOCCOCCOCCO. The van der Waals surface area contributed by atoms with Crippen molar-refractivity contribution in [3.05, 3.63) is 0 Å². The standard InChI is InChI=1S/C23H49O14P/c24-2-4-29-6-8-31-10-12-33-14-16-35-18-20-37-22-21-36-19-17-34-15-13-32-11-9-30-7-5-28-3-1-23-38(25,26)27/h24H,1-23H2,(H2,25,26,27). The van der Waals surface area contributed by atoms with E-state index in [1.54, 1.807) is 0 Å². The average molecular weight is 581 g/mol. The van der Waals surface area contributed by atoms with Crippen LogP contribution in [0.4, 0.5) is 0 Å². The molecule has 0 aliphatic carbocycles. The van der Waals surface area contributed by atoms with Crippen molar-refractivity contribution in [1.29, 1.82) is 0 Å². The molecule has 0 atom stereocenters. The summed E-state index contributed by atoms with van der Waals surface area (Å²) in [6, 6.07) is 0. The number of aliphatic hydroxyl groups excluding tert-OH is 1. The van der Waals surface area contributed by atoms with Crippen LogP contribution in [0.5, 0.6) is 0 Å². The van der Waals surface area contributed by atoms with Gasteiger partial charge in [0.15, 0.2) is 0 Å². The van der Waals surface area contributed by atoms with E-state index in [-0.39, 0.29) is 12.8 Å². The van der Waals surface area contributed by atoms with Crippen LogP contribution in [-0.4, -0.2) is 160 Å². The van der Waals surface area contributed by atoms with Crippen LogP contribution in [0, 0.1) is 0 Å². The molecule has 0 aliphatic heterocycles. The van der Waals surface area contributed by atoms with Crippen molar-refractivity contribution in [1.82, 2.24) is 0 Å². The Hall–Kier alpha value is -0.290. The van der Waals surface area contributed by atoms with Crippen molar-refractivity contribution in [3.63, 3.8) is 0 Å². The normalized spacial score (nSPS) is 12.0. The van der Waals surface area contributed by atoms with Gasteiger partial charge in [0, 0.05) is 6.61 Å². The first-order valence-electron chi connectivity index (χ1n) is 13.0. The highest BCUT2D eigenvalue weighted by Gasteiger charge is 2.11. The van der Waals surface area contributed by atoms with E-state index in [0.29, 0.717) is 139 Å². The summed E-state index contributed by atoms with van der Waals surface area (Å²) in [6.45, 7) is 9.08. The van der Waals surface area contributed by atoms with E-state index in [4.69, 9.17) is 62.3 Å². The minimum atomic E-state index is -3.93. The van der Waals surface area contributed by atoms with E-state index in [1.165, 1.54) is 0 Å². The van der Waals surface area contributed by atoms with Gasteiger partial charge in [0.1, 0.15) is 0 Å². The predicted molar refractivity (Wildman–Crippen MR) is 137 cm³/mol. The summed E-state index contributed by atoms with van der Waals surface area (Å²) in [5, 5.41) is 8.55. The monoisotopic (exact) mass is 580 g/mol. The molecular formula is C23H49O14P. The van der Waals surface area contributed by atoms with Crippen LogP contribution < -0.4 is 0 Å². The van der Waals surface area contributed by atoms with E-state index in [0.717, 1.165) is 0 Å². The maximum absolute atomic E-state index is 10.7. The lowest BCUT2D eigenvalue weighted by molar-refractivity contribution is -0.0268. The van der Waals surface area contributed by atoms with Gasteiger partial charge < -0.3 is 62.3 Å². The summed E-state index contributed by atoms with van der Waals surface area (Å²) in [7, 11) is -3.93. The van der Waals surface area contributed by atoms with Crippen LogP contribution in [0.2, 0.25) is 0 Å². The molecule has 0 rings (SSSR count). The Morgan fingerprint density at radius 1 is 0.368 bits per heavy atom. The van der Waals surface area contributed by atoms with Crippen LogP contribution in [0.15, 0.2) is 0 Å². The Labute approximate surface area is 226 Å². The van der Waals surface area contributed by atoms with Crippen LogP contribution in [0.1, 0.15) is 6.42 Å². The first-order chi connectivity index (χ1) is 18.6. The van der Waals surface area contributed by atoms with Crippen LogP contribution in [0.25, 0.3) is 0 Å². The second-order valence-corrected chi connectivity index (χ2v) is 9.37. The Morgan fingerprint density at radius 3 is 0.789 bits per heavy atom. The first kappa shape index (κ1) is 37.7. The van der Waals surface area contributed by atoms with Crippen molar-refractivity contribution < 1.29 is 66.8 Å². The molecule has 0 unspecified atom stereocenters. The van der Waals surface area contributed by atoms with Crippen molar-refractivity contribution >= 4 is 7.60 Å². The Balaban J connectivity index is 3.04. The number of hydrogen-bond donors (Lipinski definition) is 3. The molecule has 15 heteroatoms. The molecule has 14 nitrogen and oxygen atoms in total. The molecule has 0 aromatic heterocycles. The van der Waals surface area contributed by atoms with Crippen LogP contribution in [-0.2, 0) is 51.9 Å². The number of ether oxygens (including phenoxy) is 10. The van der Waals surface area contributed by atoms with Crippen molar-refractivity contribution in [2.45, 2.75) is 6.42 Å². The Kier molecular flexibility index (Phi) is 31.0. The number of rotatable bonds is 33. The molecule has 0 heterocycles. The second kappa shape index (κ2) is 31.2. The molecule has 0 radical (unpaired) electrons. The largest absolute Gasteiger partial charge is 0.394 e. The molecule has 0 saturated carbocycles. The number of hydrogen-bond acceptors (Lipinski definition) is 12. The molecule has 3 N–H and O–H groups in total. The topological polar surface area (TPSA) is 170 Å². The summed E-state index contributed by atoms with van der Waals surface area (Å²) in [4.78, 5) is 17.4. The first-order valence-corrected chi connectivity index (χ1v) is 14.8. The molecule has 38 heavy (non-hydrogen) atoms. The third-order valence-electron chi connectivity index (χ3n) is 4.32. The summed E-state index contributed by atoms with van der Waals surface area (Å²) < 4.78 is 64.0. The van der Waals surface area contributed by atoms with Gasteiger partial charge in [-0.05, 0) is 6.42 Å². The van der Waals surface area contributed by atoms with Gasteiger partial charge in [0.25, 0.3) is 0 Å². The van der Waals surface area contributed by atoms with Crippen molar-refractivity contribution in [2.75, 3.05) is 145 Å². The molecule has 230 valence electrons. The van der Waals surface area contributed by atoms with E-state index in [1.807, 2.05) is 0 Å². The number of aliphatic hydroxyl groups is 1. The van der Waals surface area contributed by atoms with Gasteiger partial charge in [0.05, 0.1) is 138 Å². The van der Waals surface area contributed by atoms with E-state index >= 15 is 0 Å². The maximum Gasteiger partial charge on any atom is 0.325 e. The van der Waals surface area contributed by atoms with Gasteiger partial charge >= 0.3 is 7.60 Å². The summed E-state index contributed by atoms with van der Waals surface area (Å²) >= 11 is 0. The molecule has 0 saturated heterocycles. The lowest BCUT2D eigenvalue weighted by Gasteiger charge is -2.09. The molecule has 0 amide bonds. The molecular weight excluding hydrogens is 531 g/mol. The highest BCUT2D eigenvalue weighted by atomic mass is 31.2. The zero-order chi connectivity index (χ0) is 27.8. The molecule has 0 spiro atoms. The molecule has 0 fully saturated rings. The Morgan fingerprint density at radius 2 is 0.579 bits per heavy atom. The van der Waals surface area contributed by atoms with Gasteiger partial charge in [-0.1, -0.05) is 0 Å². The quantitative estimate of drug-likeness (QED) is 0.0683. The third kappa shape index (κ3) is 35.7. The highest BCUT2D eigenvalue weighted by Crippen LogP contribution is 2.34. The zero-order valence-corrected chi connectivity index (χ0v) is 23.4. The maximum atomic E-state index is 10.7. The van der Waals surface area contributed by atoms with Gasteiger partial charge in [-0.25, -0.2) is 0 Å². The van der Waals surface area contributed by atoms with Crippen molar-refractivity contribution in [3.8, 4) is 0 Å². The fraction of sp³-hybridized carbons (Fsp3) is 1.00. The molecule has 0 aromatic rings. The average Bonchev–Trinajstić information content (AvgIpc) is 2.88. The van der Waals surface area contributed by atoms with Crippen molar-refractivity contribution in [2.24, 2.45) is 0 Å². The van der Waals surface area contributed by atoms with E-state index in [2.05, 4.69) is 0 Å². The summed E-state index contributed by atoms with van der Waals surface area (Å²) in [6.07, 6.45) is 0.158. The van der Waals surface area contributed by atoms with Gasteiger partial charge in [0.2, 0.25) is 0 Å². The van der Waals surface area contributed by atoms with Gasteiger partial charge in [-0.15, -0.1) is 0 Å². The molecule has 0 aromatic carbocycles. The predicted octanol–water partition coefficient (Wildman–Crippen LogP) is -0.287. The fourth-order valence-electron chi connectivity index (χ4n) is 2.52. The lowest BCUT2D eigenvalue weighted by atomic mass is 10.5.